The minimum Gasteiger partial charge on any atom is -0.324 e. The third kappa shape index (κ3) is 1.67. The van der Waals surface area contributed by atoms with E-state index in [-0.39, 0.29) is 11.9 Å². The SMILES string of the molecule is Cc1c(Br)ccc(C(C)N)c1F. The van der Waals surface area contributed by atoms with E-state index in [0.717, 1.165) is 4.47 Å². The van der Waals surface area contributed by atoms with Gasteiger partial charge in [-0.2, -0.15) is 0 Å². The zero-order chi connectivity index (χ0) is 9.30. The molecule has 0 aromatic heterocycles. The zero-order valence-corrected chi connectivity index (χ0v) is 8.65. The van der Waals surface area contributed by atoms with Gasteiger partial charge in [-0.15, -0.1) is 0 Å². The van der Waals surface area contributed by atoms with Crippen molar-refractivity contribution < 1.29 is 4.39 Å². The summed E-state index contributed by atoms with van der Waals surface area (Å²) in [5.74, 6) is -0.209. The first-order chi connectivity index (χ1) is 5.54. The second kappa shape index (κ2) is 3.54. The van der Waals surface area contributed by atoms with Gasteiger partial charge in [-0.25, -0.2) is 4.39 Å². The first-order valence-electron chi connectivity index (χ1n) is 3.74. The van der Waals surface area contributed by atoms with Gasteiger partial charge in [-0.1, -0.05) is 22.0 Å². The Kier molecular flexibility index (Phi) is 2.85. The van der Waals surface area contributed by atoms with Crippen LogP contribution in [0.3, 0.4) is 0 Å². The van der Waals surface area contributed by atoms with Crippen LogP contribution in [0, 0.1) is 12.7 Å². The Morgan fingerprint density at radius 2 is 2.08 bits per heavy atom. The van der Waals surface area contributed by atoms with Gasteiger partial charge in [-0.05, 0) is 25.5 Å². The number of rotatable bonds is 1. The highest BCUT2D eigenvalue weighted by Gasteiger charge is 2.10. The number of hydrogen-bond donors (Lipinski definition) is 1. The Labute approximate surface area is 79.9 Å². The predicted octanol–water partition coefficient (Wildman–Crippen LogP) is 2.92. The Morgan fingerprint density at radius 3 is 2.58 bits per heavy atom. The lowest BCUT2D eigenvalue weighted by atomic mass is 10.1. The van der Waals surface area contributed by atoms with E-state index < -0.39 is 0 Å². The molecule has 1 rings (SSSR count). The lowest BCUT2D eigenvalue weighted by Gasteiger charge is -2.09. The topological polar surface area (TPSA) is 26.0 Å². The average molecular weight is 232 g/mol. The predicted molar refractivity (Wildman–Crippen MR) is 51.4 cm³/mol. The molecule has 0 heterocycles. The van der Waals surface area contributed by atoms with E-state index in [0.29, 0.717) is 11.1 Å². The Balaban J connectivity index is 3.27. The summed E-state index contributed by atoms with van der Waals surface area (Å²) in [6.45, 7) is 3.50. The molecule has 0 fully saturated rings. The van der Waals surface area contributed by atoms with E-state index in [1.165, 1.54) is 0 Å². The zero-order valence-electron chi connectivity index (χ0n) is 7.07. The van der Waals surface area contributed by atoms with E-state index >= 15 is 0 Å². The van der Waals surface area contributed by atoms with Gasteiger partial charge in [0.05, 0.1) is 0 Å². The summed E-state index contributed by atoms with van der Waals surface area (Å²) < 4.78 is 14.2. The quantitative estimate of drug-likeness (QED) is 0.791. The van der Waals surface area contributed by atoms with Crippen LogP contribution in [0.5, 0.6) is 0 Å². The molecule has 1 nitrogen and oxygen atoms in total. The summed E-state index contributed by atoms with van der Waals surface area (Å²) in [6, 6.07) is 3.27. The fraction of sp³-hybridized carbons (Fsp3) is 0.333. The van der Waals surface area contributed by atoms with Crippen LogP contribution < -0.4 is 5.73 Å². The standard InChI is InChI=1S/C9H11BrFN/c1-5-8(10)4-3-7(6(2)12)9(5)11/h3-4,6H,12H2,1-2H3. The molecule has 0 bridgehead atoms. The smallest absolute Gasteiger partial charge is 0.131 e. The molecule has 0 saturated heterocycles. The minimum atomic E-state index is -0.253. The number of halogens is 2. The van der Waals surface area contributed by atoms with Crippen molar-refractivity contribution in [3.05, 3.63) is 33.5 Å². The van der Waals surface area contributed by atoms with Crippen LogP contribution in [0.4, 0.5) is 4.39 Å². The van der Waals surface area contributed by atoms with Crippen LogP contribution in [-0.2, 0) is 0 Å². The maximum atomic E-state index is 13.4. The van der Waals surface area contributed by atoms with Gasteiger partial charge in [-0.3, -0.25) is 0 Å². The van der Waals surface area contributed by atoms with E-state index in [2.05, 4.69) is 15.9 Å². The first kappa shape index (κ1) is 9.68. The van der Waals surface area contributed by atoms with Gasteiger partial charge < -0.3 is 5.73 Å². The molecular weight excluding hydrogens is 221 g/mol. The summed E-state index contributed by atoms with van der Waals surface area (Å²) in [7, 11) is 0. The summed E-state index contributed by atoms with van der Waals surface area (Å²) in [6.07, 6.45) is 0. The van der Waals surface area contributed by atoms with E-state index in [4.69, 9.17) is 5.73 Å². The Morgan fingerprint density at radius 1 is 1.50 bits per heavy atom. The van der Waals surface area contributed by atoms with Crippen LogP contribution >= 0.6 is 15.9 Å². The highest BCUT2D eigenvalue weighted by molar-refractivity contribution is 9.10. The van der Waals surface area contributed by atoms with Crippen molar-refractivity contribution in [2.24, 2.45) is 5.73 Å². The van der Waals surface area contributed by atoms with Crippen LogP contribution in [0.25, 0.3) is 0 Å². The van der Waals surface area contributed by atoms with Gasteiger partial charge in [0, 0.05) is 16.1 Å². The van der Waals surface area contributed by atoms with Crippen molar-refractivity contribution in [1.82, 2.24) is 0 Å². The molecule has 0 saturated carbocycles. The molecule has 0 aliphatic heterocycles. The van der Waals surface area contributed by atoms with Crippen LogP contribution in [-0.4, -0.2) is 0 Å². The largest absolute Gasteiger partial charge is 0.324 e. The molecule has 0 aliphatic rings. The molecule has 1 aromatic rings. The summed E-state index contributed by atoms with van der Waals surface area (Å²) >= 11 is 3.25. The van der Waals surface area contributed by atoms with Gasteiger partial charge in [0.15, 0.2) is 0 Å². The molecule has 66 valence electrons. The molecule has 0 amide bonds. The van der Waals surface area contributed by atoms with Crippen molar-refractivity contribution in [2.45, 2.75) is 19.9 Å². The summed E-state index contributed by atoms with van der Waals surface area (Å²) in [5.41, 5.74) is 6.76. The molecule has 1 aromatic carbocycles. The van der Waals surface area contributed by atoms with Crippen molar-refractivity contribution in [3.8, 4) is 0 Å². The maximum Gasteiger partial charge on any atom is 0.131 e. The summed E-state index contributed by atoms with van der Waals surface area (Å²) in [5, 5.41) is 0. The number of benzene rings is 1. The van der Waals surface area contributed by atoms with Crippen molar-refractivity contribution >= 4 is 15.9 Å². The normalized spacial score (nSPS) is 13.1. The van der Waals surface area contributed by atoms with E-state index in [1.54, 1.807) is 19.9 Å². The Hall–Kier alpha value is -0.410. The molecule has 3 heteroatoms. The first-order valence-corrected chi connectivity index (χ1v) is 4.53. The van der Waals surface area contributed by atoms with Crippen molar-refractivity contribution in [2.75, 3.05) is 0 Å². The fourth-order valence-corrected chi connectivity index (χ4v) is 1.34. The van der Waals surface area contributed by atoms with E-state index in [1.807, 2.05) is 6.07 Å². The molecule has 1 atom stereocenters. The van der Waals surface area contributed by atoms with E-state index in [9.17, 15) is 4.39 Å². The second-order valence-electron chi connectivity index (χ2n) is 2.86. The van der Waals surface area contributed by atoms with Gasteiger partial charge in [0.1, 0.15) is 5.82 Å². The molecular formula is C9H11BrFN. The molecule has 1 unspecified atom stereocenters. The van der Waals surface area contributed by atoms with Gasteiger partial charge in [0.2, 0.25) is 0 Å². The number of hydrogen-bond acceptors (Lipinski definition) is 1. The molecule has 0 spiro atoms. The second-order valence-corrected chi connectivity index (χ2v) is 3.72. The fourth-order valence-electron chi connectivity index (χ4n) is 1.03. The lowest BCUT2D eigenvalue weighted by Crippen LogP contribution is -2.08. The highest BCUT2D eigenvalue weighted by Crippen LogP contribution is 2.24. The number of nitrogens with two attached hydrogens (primary N) is 1. The third-order valence-electron chi connectivity index (χ3n) is 1.84. The molecule has 0 aliphatic carbocycles. The lowest BCUT2D eigenvalue weighted by molar-refractivity contribution is 0.584. The molecule has 12 heavy (non-hydrogen) atoms. The van der Waals surface area contributed by atoms with Crippen LogP contribution in [0.15, 0.2) is 16.6 Å². The summed E-state index contributed by atoms with van der Waals surface area (Å²) in [4.78, 5) is 0. The monoisotopic (exact) mass is 231 g/mol. The van der Waals surface area contributed by atoms with Crippen LogP contribution in [0.1, 0.15) is 24.1 Å². The van der Waals surface area contributed by atoms with Crippen molar-refractivity contribution in [3.63, 3.8) is 0 Å². The molecule has 0 radical (unpaired) electrons. The Bertz CT molecular complexity index is 297. The minimum absolute atomic E-state index is 0.209. The third-order valence-corrected chi connectivity index (χ3v) is 2.70. The highest BCUT2D eigenvalue weighted by atomic mass is 79.9. The van der Waals surface area contributed by atoms with Gasteiger partial charge in [0.25, 0.3) is 0 Å². The molecule has 2 N–H and O–H groups in total. The van der Waals surface area contributed by atoms with Crippen LogP contribution in [0.2, 0.25) is 0 Å². The van der Waals surface area contributed by atoms with Gasteiger partial charge >= 0.3 is 0 Å². The maximum absolute atomic E-state index is 13.4. The van der Waals surface area contributed by atoms with Crippen molar-refractivity contribution in [1.29, 1.82) is 0 Å². The average Bonchev–Trinajstić information content (AvgIpc) is 2.00.